The van der Waals surface area contributed by atoms with Crippen LogP contribution in [0.4, 0.5) is 13.2 Å². The molecule has 0 saturated heterocycles. The fourth-order valence-corrected chi connectivity index (χ4v) is 2.58. The Morgan fingerprint density at radius 2 is 2.05 bits per heavy atom. The van der Waals surface area contributed by atoms with Gasteiger partial charge in [-0.1, -0.05) is 13.0 Å². The molecule has 0 heterocycles. The van der Waals surface area contributed by atoms with Gasteiger partial charge in [0.05, 0.1) is 5.56 Å². The van der Waals surface area contributed by atoms with Gasteiger partial charge in [-0.3, -0.25) is 0 Å². The molecular formula is C14H20F3NOS. The van der Waals surface area contributed by atoms with Crippen LogP contribution in [0, 0.1) is 0 Å². The molecule has 1 rings (SSSR count). The molecule has 6 heteroatoms. The number of hydrogen-bond acceptors (Lipinski definition) is 3. The highest BCUT2D eigenvalue weighted by Gasteiger charge is 2.33. The first-order valence-electron chi connectivity index (χ1n) is 6.51. The van der Waals surface area contributed by atoms with Crippen LogP contribution in [0.3, 0.4) is 0 Å². The molecule has 0 fully saturated rings. The van der Waals surface area contributed by atoms with Gasteiger partial charge in [-0.25, -0.2) is 0 Å². The molecule has 0 atom stereocenters. The van der Waals surface area contributed by atoms with Crippen molar-refractivity contribution in [2.75, 3.05) is 26.0 Å². The Balaban J connectivity index is 2.79. The van der Waals surface area contributed by atoms with Crippen LogP contribution >= 0.6 is 11.8 Å². The predicted octanol–water partition coefficient (Wildman–Crippen LogP) is 3.94. The zero-order valence-corrected chi connectivity index (χ0v) is 12.5. The molecule has 2 nitrogen and oxygen atoms in total. The third kappa shape index (κ3) is 5.73. The first-order chi connectivity index (χ1) is 9.49. The molecule has 114 valence electrons. The van der Waals surface area contributed by atoms with Crippen molar-refractivity contribution in [2.24, 2.45) is 0 Å². The van der Waals surface area contributed by atoms with Gasteiger partial charge in [0.1, 0.15) is 0 Å². The van der Waals surface area contributed by atoms with Crippen molar-refractivity contribution in [1.82, 2.24) is 5.32 Å². The van der Waals surface area contributed by atoms with E-state index in [-0.39, 0.29) is 6.54 Å². The summed E-state index contributed by atoms with van der Waals surface area (Å²) in [6.45, 7) is 3.37. The summed E-state index contributed by atoms with van der Waals surface area (Å²) in [6.07, 6.45) is -3.49. The molecule has 1 aromatic carbocycles. The SMILES string of the molecule is CCNCc1ccc(SCCCOC)cc1C(F)(F)F. The maximum absolute atomic E-state index is 13.0. The van der Waals surface area contributed by atoms with Crippen molar-refractivity contribution in [3.05, 3.63) is 29.3 Å². The van der Waals surface area contributed by atoms with Crippen molar-refractivity contribution >= 4 is 11.8 Å². The van der Waals surface area contributed by atoms with Gasteiger partial charge in [0, 0.05) is 30.9 Å². The average molecular weight is 307 g/mol. The van der Waals surface area contributed by atoms with Crippen molar-refractivity contribution in [3.8, 4) is 0 Å². The quantitative estimate of drug-likeness (QED) is 0.580. The van der Waals surface area contributed by atoms with E-state index in [1.807, 2.05) is 6.92 Å². The van der Waals surface area contributed by atoms with Crippen LogP contribution in [0.15, 0.2) is 23.1 Å². The minimum atomic E-state index is -4.31. The van der Waals surface area contributed by atoms with E-state index in [0.29, 0.717) is 23.6 Å². The van der Waals surface area contributed by atoms with Gasteiger partial charge < -0.3 is 10.1 Å². The fourth-order valence-electron chi connectivity index (χ4n) is 1.72. The highest BCUT2D eigenvalue weighted by Crippen LogP contribution is 2.35. The third-order valence-corrected chi connectivity index (χ3v) is 3.79. The van der Waals surface area contributed by atoms with Gasteiger partial charge in [-0.05, 0) is 30.7 Å². The zero-order valence-electron chi connectivity index (χ0n) is 11.7. The Hall–Kier alpha value is -0.720. The van der Waals surface area contributed by atoms with Crippen molar-refractivity contribution in [3.63, 3.8) is 0 Å². The molecule has 0 aliphatic heterocycles. The number of ether oxygens (including phenoxy) is 1. The Bertz CT molecular complexity index is 410. The van der Waals surface area contributed by atoms with Gasteiger partial charge in [0.2, 0.25) is 0 Å². The third-order valence-electron chi connectivity index (χ3n) is 2.71. The fraction of sp³-hybridized carbons (Fsp3) is 0.571. The summed E-state index contributed by atoms with van der Waals surface area (Å²) in [5.74, 6) is 0.748. The van der Waals surface area contributed by atoms with Crippen LogP contribution in [0.25, 0.3) is 0 Å². The molecule has 1 N–H and O–H groups in total. The number of hydrogen-bond donors (Lipinski definition) is 1. The first-order valence-corrected chi connectivity index (χ1v) is 7.50. The molecule has 0 aromatic heterocycles. The topological polar surface area (TPSA) is 21.3 Å². The molecule has 0 aliphatic rings. The molecule has 0 unspecified atom stereocenters. The summed E-state index contributed by atoms with van der Waals surface area (Å²) in [6, 6.07) is 4.55. The van der Waals surface area contributed by atoms with Gasteiger partial charge in [-0.15, -0.1) is 11.8 Å². The minimum absolute atomic E-state index is 0.236. The Morgan fingerprint density at radius 1 is 1.30 bits per heavy atom. The lowest BCUT2D eigenvalue weighted by atomic mass is 10.1. The number of methoxy groups -OCH3 is 1. The van der Waals surface area contributed by atoms with E-state index in [2.05, 4.69) is 5.32 Å². The zero-order chi connectivity index (χ0) is 15.0. The predicted molar refractivity (Wildman–Crippen MR) is 76.0 cm³/mol. The lowest BCUT2D eigenvalue weighted by molar-refractivity contribution is -0.138. The summed E-state index contributed by atoms with van der Waals surface area (Å²) in [5, 5.41) is 2.93. The molecule has 0 aliphatic carbocycles. The second-order valence-electron chi connectivity index (χ2n) is 4.29. The van der Waals surface area contributed by atoms with Gasteiger partial charge in [0.25, 0.3) is 0 Å². The van der Waals surface area contributed by atoms with Gasteiger partial charge in [-0.2, -0.15) is 13.2 Å². The first kappa shape index (κ1) is 17.3. The van der Waals surface area contributed by atoms with Crippen molar-refractivity contribution in [2.45, 2.75) is 31.0 Å². The highest BCUT2D eigenvalue weighted by atomic mass is 32.2. The van der Waals surface area contributed by atoms with E-state index in [1.165, 1.54) is 17.8 Å². The lowest BCUT2D eigenvalue weighted by Gasteiger charge is -2.14. The van der Waals surface area contributed by atoms with Crippen LogP contribution in [0.2, 0.25) is 0 Å². The maximum atomic E-state index is 13.0. The summed E-state index contributed by atoms with van der Waals surface area (Å²) < 4.78 is 44.0. The monoisotopic (exact) mass is 307 g/mol. The number of thioether (sulfide) groups is 1. The molecule has 20 heavy (non-hydrogen) atoms. The normalized spacial score (nSPS) is 11.8. The number of halogens is 3. The average Bonchev–Trinajstić information content (AvgIpc) is 2.41. The molecule has 0 amide bonds. The van der Waals surface area contributed by atoms with E-state index in [1.54, 1.807) is 19.2 Å². The Kier molecular flexibility index (Phi) is 7.40. The van der Waals surface area contributed by atoms with Crippen molar-refractivity contribution in [1.29, 1.82) is 0 Å². The van der Waals surface area contributed by atoms with Crippen LogP contribution in [0.5, 0.6) is 0 Å². The van der Waals surface area contributed by atoms with E-state index < -0.39 is 11.7 Å². The van der Waals surface area contributed by atoms with E-state index in [0.717, 1.165) is 12.2 Å². The lowest BCUT2D eigenvalue weighted by Crippen LogP contribution is -2.17. The Labute approximate surface area is 122 Å². The van der Waals surface area contributed by atoms with Crippen LogP contribution in [0.1, 0.15) is 24.5 Å². The van der Waals surface area contributed by atoms with Crippen LogP contribution in [-0.4, -0.2) is 26.0 Å². The summed E-state index contributed by atoms with van der Waals surface area (Å²) in [4.78, 5) is 0.647. The molecule has 0 spiro atoms. The molecule has 1 aromatic rings. The van der Waals surface area contributed by atoms with Crippen molar-refractivity contribution < 1.29 is 17.9 Å². The summed E-state index contributed by atoms with van der Waals surface area (Å²) >= 11 is 1.42. The second-order valence-corrected chi connectivity index (χ2v) is 5.46. The van der Waals surface area contributed by atoms with E-state index >= 15 is 0 Å². The van der Waals surface area contributed by atoms with Gasteiger partial charge >= 0.3 is 6.18 Å². The number of benzene rings is 1. The molecular weight excluding hydrogens is 287 g/mol. The Morgan fingerprint density at radius 3 is 2.65 bits per heavy atom. The summed E-state index contributed by atoms with van der Waals surface area (Å²) in [7, 11) is 1.61. The maximum Gasteiger partial charge on any atom is 0.416 e. The minimum Gasteiger partial charge on any atom is -0.385 e. The smallest absolute Gasteiger partial charge is 0.385 e. The van der Waals surface area contributed by atoms with E-state index in [9.17, 15) is 13.2 Å². The van der Waals surface area contributed by atoms with Gasteiger partial charge in [0.15, 0.2) is 0 Å². The highest BCUT2D eigenvalue weighted by molar-refractivity contribution is 7.99. The second kappa shape index (κ2) is 8.54. The standard InChI is InChI=1S/C14H20F3NOS/c1-3-18-10-11-5-6-12(20-8-4-7-19-2)9-13(11)14(15,16)17/h5-6,9,18H,3-4,7-8,10H2,1-2H3. The summed E-state index contributed by atoms with van der Waals surface area (Å²) in [5.41, 5.74) is -0.254. The van der Waals surface area contributed by atoms with Crippen LogP contribution < -0.4 is 5.32 Å². The van der Waals surface area contributed by atoms with Crippen LogP contribution in [-0.2, 0) is 17.5 Å². The van der Waals surface area contributed by atoms with E-state index in [4.69, 9.17) is 4.74 Å². The number of rotatable bonds is 8. The largest absolute Gasteiger partial charge is 0.416 e. The molecule has 0 saturated carbocycles. The number of alkyl halides is 3. The molecule has 0 bridgehead atoms. The molecule has 0 radical (unpaired) electrons. The number of nitrogens with one attached hydrogen (secondary N) is 1.